The van der Waals surface area contributed by atoms with Crippen LogP contribution in [0.5, 0.6) is 0 Å². The summed E-state index contributed by atoms with van der Waals surface area (Å²) in [6, 6.07) is 3.13. The van der Waals surface area contributed by atoms with Crippen LogP contribution in [0.3, 0.4) is 0 Å². The zero-order valence-electron chi connectivity index (χ0n) is 13.8. The Labute approximate surface area is 150 Å². The number of sulfonamides is 1. The molecule has 0 bridgehead atoms. The number of thioether (sulfide) groups is 1. The minimum absolute atomic E-state index is 0.101. The van der Waals surface area contributed by atoms with Gasteiger partial charge in [0, 0.05) is 30.8 Å². The molecule has 7 nitrogen and oxygen atoms in total. The van der Waals surface area contributed by atoms with Crippen LogP contribution in [0.15, 0.2) is 28.0 Å². The van der Waals surface area contributed by atoms with Gasteiger partial charge in [0.2, 0.25) is 10.0 Å². The van der Waals surface area contributed by atoms with Gasteiger partial charge in [0.15, 0.2) is 5.82 Å². The molecule has 4 heterocycles. The van der Waals surface area contributed by atoms with Gasteiger partial charge in [0.25, 0.3) is 5.56 Å². The number of aromatic amines is 1. The average molecular weight is 380 g/mol. The first-order valence-electron chi connectivity index (χ1n) is 8.44. The lowest BCUT2D eigenvalue weighted by atomic mass is 10.2. The van der Waals surface area contributed by atoms with Crippen LogP contribution < -0.4 is 5.56 Å². The van der Waals surface area contributed by atoms with Gasteiger partial charge in [-0.3, -0.25) is 9.89 Å². The van der Waals surface area contributed by atoms with Crippen LogP contribution in [0.2, 0.25) is 0 Å². The molecule has 1 fully saturated rings. The highest BCUT2D eigenvalue weighted by Gasteiger charge is 2.26. The predicted molar refractivity (Wildman–Crippen MR) is 96.4 cm³/mol. The van der Waals surface area contributed by atoms with E-state index in [4.69, 9.17) is 0 Å². The van der Waals surface area contributed by atoms with Crippen molar-refractivity contribution in [1.29, 1.82) is 0 Å². The summed E-state index contributed by atoms with van der Waals surface area (Å²) in [7, 11) is -3.52. The zero-order valence-corrected chi connectivity index (χ0v) is 15.4. The number of rotatable bonds is 3. The Balaban J connectivity index is 1.63. The number of H-pyrrole nitrogens is 1. The van der Waals surface area contributed by atoms with E-state index in [0.717, 1.165) is 42.7 Å². The molecule has 0 spiro atoms. The second kappa shape index (κ2) is 6.62. The monoisotopic (exact) mass is 380 g/mol. The quantitative estimate of drug-likeness (QED) is 0.878. The lowest BCUT2D eigenvalue weighted by Crippen LogP contribution is -2.32. The Hall–Kier alpha value is -1.58. The Bertz CT molecular complexity index is 923. The van der Waals surface area contributed by atoms with Gasteiger partial charge in [-0.2, -0.15) is 16.1 Å². The molecule has 0 aromatic carbocycles. The van der Waals surface area contributed by atoms with Crippen molar-refractivity contribution in [3.63, 3.8) is 0 Å². The number of nitrogens with one attached hydrogen (secondary N) is 1. The van der Waals surface area contributed by atoms with Crippen molar-refractivity contribution >= 4 is 21.8 Å². The normalized spacial score (nSPS) is 18.9. The van der Waals surface area contributed by atoms with Gasteiger partial charge in [-0.1, -0.05) is 12.8 Å². The van der Waals surface area contributed by atoms with Crippen molar-refractivity contribution in [3.8, 4) is 5.82 Å². The number of pyridine rings is 1. The fourth-order valence-corrected chi connectivity index (χ4v) is 5.80. The first-order chi connectivity index (χ1) is 12.1. The van der Waals surface area contributed by atoms with E-state index in [1.807, 2.05) is 0 Å². The highest BCUT2D eigenvalue weighted by molar-refractivity contribution is 7.98. The summed E-state index contributed by atoms with van der Waals surface area (Å²) in [5.74, 6) is 1.91. The molecule has 4 rings (SSSR count). The fraction of sp³-hybridized carbons (Fsp3) is 0.500. The van der Waals surface area contributed by atoms with Crippen LogP contribution in [0.4, 0.5) is 0 Å². The van der Waals surface area contributed by atoms with Gasteiger partial charge in [-0.15, -0.1) is 0 Å². The van der Waals surface area contributed by atoms with E-state index in [2.05, 4.69) is 10.1 Å². The second-order valence-corrected chi connectivity index (χ2v) is 9.30. The molecule has 0 unspecified atom stereocenters. The Kier molecular flexibility index (Phi) is 4.47. The molecule has 25 heavy (non-hydrogen) atoms. The molecule has 0 aliphatic carbocycles. The Morgan fingerprint density at radius 1 is 1.08 bits per heavy atom. The number of aromatic nitrogens is 3. The van der Waals surface area contributed by atoms with Gasteiger partial charge >= 0.3 is 0 Å². The van der Waals surface area contributed by atoms with E-state index in [0.29, 0.717) is 24.7 Å². The van der Waals surface area contributed by atoms with Crippen LogP contribution in [0.25, 0.3) is 5.82 Å². The molecule has 9 heteroatoms. The molecular formula is C16H20N4O3S2. The molecule has 0 atom stereocenters. The molecule has 1 N–H and O–H groups in total. The van der Waals surface area contributed by atoms with E-state index in [1.165, 1.54) is 16.9 Å². The van der Waals surface area contributed by atoms with Crippen LogP contribution in [0.1, 0.15) is 36.9 Å². The number of hydrogen-bond acceptors (Lipinski definition) is 5. The molecule has 0 amide bonds. The second-order valence-electron chi connectivity index (χ2n) is 6.37. The maximum atomic E-state index is 12.8. The van der Waals surface area contributed by atoms with E-state index in [9.17, 15) is 13.2 Å². The summed E-state index contributed by atoms with van der Waals surface area (Å²) in [6.07, 6.45) is 5.28. The van der Waals surface area contributed by atoms with Crippen molar-refractivity contribution in [2.45, 2.75) is 42.1 Å². The highest BCUT2D eigenvalue weighted by Crippen LogP contribution is 2.26. The third kappa shape index (κ3) is 3.04. The minimum Gasteiger partial charge on any atom is -0.292 e. The van der Waals surface area contributed by atoms with E-state index in [1.54, 1.807) is 22.1 Å². The van der Waals surface area contributed by atoms with Crippen molar-refractivity contribution < 1.29 is 8.42 Å². The van der Waals surface area contributed by atoms with Crippen molar-refractivity contribution in [2.75, 3.05) is 13.1 Å². The van der Waals surface area contributed by atoms with E-state index >= 15 is 0 Å². The van der Waals surface area contributed by atoms with Crippen LogP contribution in [0, 0.1) is 0 Å². The zero-order chi connectivity index (χ0) is 17.4. The highest BCUT2D eigenvalue weighted by atomic mass is 32.2. The summed E-state index contributed by atoms with van der Waals surface area (Å²) in [5, 5.41) is 3.07. The smallest absolute Gasteiger partial charge is 0.276 e. The number of hydrogen-bond donors (Lipinski definition) is 1. The van der Waals surface area contributed by atoms with Gasteiger partial charge in [0.05, 0.1) is 11.3 Å². The van der Waals surface area contributed by atoms with E-state index in [-0.39, 0.29) is 10.5 Å². The molecule has 2 aliphatic heterocycles. The largest absolute Gasteiger partial charge is 0.292 e. The van der Waals surface area contributed by atoms with Gasteiger partial charge in [-0.25, -0.2) is 18.1 Å². The Morgan fingerprint density at radius 2 is 1.84 bits per heavy atom. The summed E-state index contributed by atoms with van der Waals surface area (Å²) in [5.41, 5.74) is 1.61. The van der Waals surface area contributed by atoms with Gasteiger partial charge in [0.1, 0.15) is 4.90 Å². The minimum atomic E-state index is -3.52. The van der Waals surface area contributed by atoms with Crippen LogP contribution in [-0.4, -0.2) is 40.6 Å². The van der Waals surface area contributed by atoms with Crippen molar-refractivity contribution in [2.24, 2.45) is 0 Å². The molecule has 2 aliphatic rings. The van der Waals surface area contributed by atoms with Gasteiger partial charge in [-0.05, 0) is 25.0 Å². The fourth-order valence-electron chi connectivity index (χ4n) is 3.29. The molecule has 2 aromatic heterocycles. The van der Waals surface area contributed by atoms with Crippen molar-refractivity contribution in [1.82, 2.24) is 19.1 Å². The first kappa shape index (κ1) is 16.9. The first-order valence-corrected chi connectivity index (χ1v) is 11.0. The summed E-state index contributed by atoms with van der Waals surface area (Å²) >= 11 is 1.70. The summed E-state index contributed by atoms with van der Waals surface area (Å²) in [4.78, 5) is 16.8. The predicted octanol–water partition coefficient (Wildman–Crippen LogP) is 1.87. The van der Waals surface area contributed by atoms with Gasteiger partial charge < -0.3 is 0 Å². The van der Waals surface area contributed by atoms with Crippen molar-refractivity contribution in [3.05, 3.63) is 39.9 Å². The molecular weight excluding hydrogens is 360 g/mol. The average Bonchev–Trinajstić information content (AvgIpc) is 3.07. The SMILES string of the molecule is O=c1c2c([nH]n1-c1ccc(S(=O)(=O)N3CCCCCC3)cn1)CSC2. The topological polar surface area (TPSA) is 88.1 Å². The van der Waals surface area contributed by atoms with E-state index < -0.39 is 10.0 Å². The number of fused-ring (bicyclic) bond motifs is 1. The summed E-state index contributed by atoms with van der Waals surface area (Å²) in [6.45, 7) is 1.12. The molecule has 1 saturated heterocycles. The van der Waals surface area contributed by atoms with Crippen LogP contribution >= 0.6 is 11.8 Å². The summed E-state index contributed by atoms with van der Waals surface area (Å²) < 4.78 is 28.5. The molecule has 0 saturated carbocycles. The third-order valence-corrected chi connectivity index (χ3v) is 7.59. The molecule has 0 radical (unpaired) electrons. The molecule has 134 valence electrons. The number of nitrogens with zero attached hydrogens (tertiary/aromatic N) is 3. The maximum absolute atomic E-state index is 12.8. The third-order valence-electron chi connectivity index (χ3n) is 4.72. The standard InChI is InChI=1S/C16H20N4O3S2/c21-16-13-10-24-11-14(13)18-20(16)15-6-5-12(9-17-15)25(22,23)19-7-3-1-2-4-8-19/h5-6,9,18H,1-4,7-8,10-11H2. The Morgan fingerprint density at radius 3 is 2.48 bits per heavy atom. The lowest BCUT2D eigenvalue weighted by Gasteiger charge is -2.19. The molecule has 2 aromatic rings. The maximum Gasteiger partial charge on any atom is 0.276 e. The van der Waals surface area contributed by atoms with Crippen LogP contribution in [-0.2, 0) is 21.5 Å². The lowest BCUT2D eigenvalue weighted by molar-refractivity contribution is 0.423.